The van der Waals surface area contributed by atoms with Crippen molar-refractivity contribution in [2.24, 2.45) is 0 Å². The molecule has 4 heteroatoms. The highest BCUT2D eigenvalue weighted by Crippen LogP contribution is 2.29. The van der Waals surface area contributed by atoms with E-state index >= 15 is 0 Å². The Morgan fingerprint density at radius 1 is 0.697 bits per heavy atom. The van der Waals surface area contributed by atoms with Gasteiger partial charge in [-0.25, -0.2) is 0 Å². The second-order valence-electron chi connectivity index (χ2n) is 7.74. The molecule has 3 aromatic rings. The topological polar surface area (TPSA) is 66.0 Å². The zero-order chi connectivity index (χ0) is 23.2. The van der Waals surface area contributed by atoms with E-state index in [1.807, 2.05) is 80.6 Å². The SMILES string of the molecule is CC1=CCC=C(Oc2ccc(-c3ccc(Oc4ccc(C#N)c(C)c4)cc3)cc2)C=C1C#N. The predicted molar refractivity (Wildman–Crippen MR) is 129 cm³/mol. The van der Waals surface area contributed by atoms with Crippen LogP contribution in [0.4, 0.5) is 0 Å². The van der Waals surface area contributed by atoms with Crippen LogP contribution in [-0.4, -0.2) is 0 Å². The van der Waals surface area contributed by atoms with E-state index in [4.69, 9.17) is 14.7 Å². The monoisotopic (exact) mass is 430 g/mol. The second-order valence-corrected chi connectivity index (χ2v) is 7.74. The van der Waals surface area contributed by atoms with Crippen molar-refractivity contribution in [2.75, 3.05) is 0 Å². The van der Waals surface area contributed by atoms with E-state index in [1.54, 1.807) is 18.2 Å². The summed E-state index contributed by atoms with van der Waals surface area (Å²) in [5.74, 6) is 2.82. The van der Waals surface area contributed by atoms with E-state index in [-0.39, 0.29) is 0 Å². The highest BCUT2D eigenvalue weighted by atomic mass is 16.5. The molecule has 0 bridgehead atoms. The fourth-order valence-corrected chi connectivity index (χ4v) is 3.50. The second kappa shape index (κ2) is 9.73. The average Bonchev–Trinajstić information content (AvgIpc) is 3.01. The molecular formula is C29H22N2O2. The average molecular weight is 431 g/mol. The van der Waals surface area contributed by atoms with Gasteiger partial charge in [0.05, 0.1) is 23.3 Å². The third-order valence-electron chi connectivity index (χ3n) is 5.41. The molecule has 0 spiro atoms. The van der Waals surface area contributed by atoms with Crippen LogP contribution in [0.5, 0.6) is 17.2 Å². The minimum absolute atomic E-state index is 0.619. The molecule has 3 aromatic carbocycles. The summed E-state index contributed by atoms with van der Waals surface area (Å²) in [6, 6.07) is 25.5. The van der Waals surface area contributed by atoms with E-state index in [0.717, 1.165) is 34.4 Å². The molecule has 4 rings (SSSR count). The van der Waals surface area contributed by atoms with Gasteiger partial charge in [0.1, 0.15) is 23.0 Å². The molecule has 0 saturated heterocycles. The van der Waals surface area contributed by atoms with Crippen molar-refractivity contribution in [3.63, 3.8) is 0 Å². The van der Waals surface area contributed by atoms with Gasteiger partial charge in [-0.2, -0.15) is 10.5 Å². The van der Waals surface area contributed by atoms with Gasteiger partial charge in [-0.15, -0.1) is 0 Å². The van der Waals surface area contributed by atoms with E-state index < -0.39 is 0 Å². The van der Waals surface area contributed by atoms with Gasteiger partial charge in [0, 0.05) is 0 Å². The lowest BCUT2D eigenvalue weighted by atomic mass is 10.1. The molecular weight excluding hydrogens is 408 g/mol. The van der Waals surface area contributed by atoms with Gasteiger partial charge >= 0.3 is 0 Å². The summed E-state index contributed by atoms with van der Waals surface area (Å²) in [6.07, 6.45) is 6.50. The van der Waals surface area contributed by atoms with E-state index in [9.17, 15) is 5.26 Å². The maximum atomic E-state index is 9.31. The maximum Gasteiger partial charge on any atom is 0.127 e. The number of rotatable bonds is 5. The quantitative estimate of drug-likeness (QED) is 0.423. The smallest absolute Gasteiger partial charge is 0.127 e. The Kier molecular flexibility index (Phi) is 6.39. The molecule has 4 nitrogen and oxygen atoms in total. The molecule has 0 N–H and O–H groups in total. The lowest BCUT2D eigenvalue weighted by Crippen LogP contribution is -1.93. The van der Waals surface area contributed by atoms with Gasteiger partial charge in [-0.3, -0.25) is 0 Å². The Balaban J connectivity index is 1.44. The minimum atomic E-state index is 0.619. The first-order valence-corrected chi connectivity index (χ1v) is 10.6. The fourth-order valence-electron chi connectivity index (χ4n) is 3.50. The summed E-state index contributed by atoms with van der Waals surface area (Å²) >= 11 is 0. The predicted octanol–water partition coefficient (Wildman–Crippen LogP) is 7.39. The van der Waals surface area contributed by atoms with Crippen molar-refractivity contribution in [3.8, 4) is 40.5 Å². The molecule has 0 heterocycles. The fraction of sp³-hybridized carbons (Fsp3) is 0.103. The maximum absolute atomic E-state index is 9.31. The first-order valence-electron chi connectivity index (χ1n) is 10.6. The van der Waals surface area contributed by atoms with Crippen LogP contribution in [0.15, 0.2) is 102 Å². The Bertz CT molecular complexity index is 1350. The molecule has 0 unspecified atom stereocenters. The van der Waals surface area contributed by atoms with Crippen molar-refractivity contribution in [3.05, 3.63) is 113 Å². The number of hydrogen-bond acceptors (Lipinski definition) is 4. The summed E-state index contributed by atoms with van der Waals surface area (Å²) in [7, 11) is 0. The van der Waals surface area contributed by atoms with Crippen molar-refractivity contribution < 1.29 is 9.47 Å². The molecule has 0 amide bonds. The Hall–Kier alpha value is -4.54. The minimum Gasteiger partial charge on any atom is -0.458 e. The number of allylic oxidation sites excluding steroid dienone is 5. The Morgan fingerprint density at radius 2 is 1.30 bits per heavy atom. The zero-order valence-corrected chi connectivity index (χ0v) is 18.5. The summed E-state index contributed by atoms with van der Waals surface area (Å²) in [5.41, 5.74) is 5.24. The van der Waals surface area contributed by atoms with Gasteiger partial charge < -0.3 is 9.47 Å². The first-order chi connectivity index (χ1) is 16.1. The molecule has 0 aliphatic heterocycles. The van der Waals surface area contributed by atoms with E-state index in [1.165, 1.54) is 0 Å². The third-order valence-corrected chi connectivity index (χ3v) is 5.41. The van der Waals surface area contributed by atoms with Gasteiger partial charge in [-0.05, 0) is 97.1 Å². The first kappa shape index (κ1) is 21.7. The number of ether oxygens (including phenoxy) is 2. The zero-order valence-electron chi connectivity index (χ0n) is 18.5. The van der Waals surface area contributed by atoms with Crippen LogP contribution in [0.25, 0.3) is 11.1 Å². The van der Waals surface area contributed by atoms with Crippen molar-refractivity contribution in [1.29, 1.82) is 10.5 Å². The summed E-state index contributed by atoms with van der Waals surface area (Å²) in [6.45, 7) is 3.83. The van der Waals surface area contributed by atoms with Crippen LogP contribution in [-0.2, 0) is 0 Å². The highest BCUT2D eigenvalue weighted by Gasteiger charge is 2.08. The van der Waals surface area contributed by atoms with Crippen molar-refractivity contribution in [2.45, 2.75) is 20.3 Å². The van der Waals surface area contributed by atoms with Crippen LogP contribution in [0.3, 0.4) is 0 Å². The van der Waals surface area contributed by atoms with Gasteiger partial charge in [0.2, 0.25) is 0 Å². The molecule has 1 aliphatic carbocycles. The molecule has 0 aromatic heterocycles. The molecule has 0 saturated carbocycles. The van der Waals surface area contributed by atoms with Gasteiger partial charge in [-0.1, -0.05) is 30.3 Å². The lowest BCUT2D eigenvalue weighted by Gasteiger charge is -2.10. The molecule has 160 valence electrons. The standard InChI is InChI=1S/C29H22N2O2/c1-20-4-3-5-28(17-25(20)19-31)32-26-11-6-22(7-12-26)23-8-13-27(14-9-23)33-29-15-10-24(18-30)21(2)16-29/h4-17H,3H2,1-2H3. The van der Waals surface area contributed by atoms with Crippen LogP contribution in [0.1, 0.15) is 24.5 Å². The Morgan fingerprint density at radius 3 is 1.88 bits per heavy atom. The molecule has 0 atom stereocenters. The normalized spacial score (nSPS) is 12.9. The van der Waals surface area contributed by atoms with Crippen LogP contribution in [0.2, 0.25) is 0 Å². The number of benzene rings is 3. The summed E-state index contributed by atoms with van der Waals surface area (Å²) < 4.78 is 11.9. The number of hydrogen-bond donors (Lipinski definition) is 0. The Labute approximate surface area is 193 Å². The number of aryl methyl sites for hydroxylation is 1. The van der Waals surface area contributed by atoms with E-state index in [2.05, 4.69) is 12.1 Å². The largest absolute Gasteiger partial charge is 0.458 e. The third kappa shape index (κ3) is 5.21. The van der Waals surface area contributed by atoms with Crippen LogP contribution in [0, 0.1) is 29.6 Å². The molecule has 1 aliphatic rings. The summed E-state index contributed by atoms with van der Waals surface area (Å²) in [4.78, 5) is 0. The molecule has 0 fully saturated rings. The van der Waals surface area contributed by atoms with Crippen molar-refractivity contribution >= 4 is 0 Å². The van der Waals surface area contributed by atoms with Crippen LogP contribution >= 0.6 is 0 Å². The number of nitriles is 2. The summed E-state index contributed by atoms with van der Waals surface area (Å²) in [5, 5.41) is 18.4. The lowest BCUT2D eigenvalue weighted by molar-refractivity contribution is 0.442. The highest BCUT2D eigenvalue weighted by molar-refractivity contribution is 5.65. The van der Waals surface area contributed by atoms with Crippen molar-refractivity contribution in [1.82, 2.24) is 0 Å². The molecule has 33 heavy (non-hydrogen) atoms. The van der Waals surface area contributed by atoms with Gasteiger partial charge in [0.25, 0.3) is 0 Å². The van der Waals surface area contributed by atoms with E-state index in [0.29, 0.717) is 28.4 Å². The van der Waals surface area contributed by atoms with Gasteiger partial charge in [0.15, 0.2) is 0 Å². The van der Waals surface area contributed by atoms with Crippen LogP contribution < -0.4 is 9.47 Å². The molecule has 0 radical (unpaired) electrons. The number of nitrogens with zero attached hydrogens (tertiary/aromatic N) is 2.